The molecular formula is C22H23N5O2. The first kappa shape index (κ1) is 18.9. The molecule has 0 radical (unpaired) electrons. The molecule has 1 aliphatic rings. The van der Waals surface area contributed by atoms with Gasteiger partial charge in [0, 0.05) is 50.1 Å². The normalized spacial score (nSPS) is 16.3. The van der Waals surface area contributed by atoms with Gasteiger partial charge in [0.25, 0.3) is 0 Å². The summed E-state index contributed by atoms with van der Waals surface area (Å²) < 4.78 is 1.68. The minimum atomic E-state index is -0.376. The number of aromatic nitrogens is 3. The molecule has 3 aromatic rings. The van der Waals surface area contributed by atoms with Crippen molar-refractivity contribution >= 4 is 17.6 Å². The van der Waals surface area contributed by atoms with Gasteiger partial charge in [-0.1, -0.05) is 30.3 Å². The fourth-order valence-corrected chi connectivity index (χ4v) is 3.70. The Morgan fingerprint density at radius 1 is 1.17 bits per heavy atom. The third kappa shape index (κ3) is 3.89. The summed E-state index contributed by atoms with van der Waals surface area (Å²) >= 11 is 0. The number of hydrogen-bond donors (Lipinski definition) is 1. The number of hydrogen-bond acceptors (Lipinski definition) is 4. The van der Waals surface area contributed by atoms with Crippen LogP contribution in [0.25, 0.3) is 11.3 Å². The van der Waals surface area contributed by atoms with E-state index in [2.05, 4.69) is 15.4 Å². The van der Waals surface area contributed by atoms with Crippen LogP contribution in [0.4, 0.5) is 5.82 Å². The van der Waals surface area contributed by atoms with E-state index in [1.807, 2.05) is 56.4 Å². The Balaban J connectivity index is 1.46. The van der Waals surface area contributed by atoms with Crippen LogP contribution < -0.4 is 5.32 Å². The Bertz CT molecular complexity index is 1030. The van der Waals surface area contributed by atoms with Crippen molar-refractivity contribution < 1.29 is 9.59 Å². The number of benzene rings is 1. The second-order valence-corrected chi connectivity index (χ2v) is 7.33. The molecule has 3 heterocycles. The van der Waals surface area contributed by atoms with E-state index in [0.717, 1.165) is 22.4 Å². The van der Waals surface area contributed by atoms with E-state index < -0.39 is 0 Å². The highest BCUT2D eigenvalue weighted by atomic mass is 16.2. The van der Waals surface area contributed by atoms with E-state index >= 15 is 0 Å². The van der Waals surface area contributed by atoms with Crippen molar-refractivity contribution in [1.82, 2.24) is 19.7 Å². The van der Waals surface area contributed by atoms with E-state index in [1.54, 1.807) is 22.0 Å². The summed E-state index contributed by atoms with van der Waals surface area (Å²) in [5.41, 5.74) is 3.75. The summed E-state index contributed by atoms with van der Waals surface area (Å²) in [4.78, 5) is 31.0. The largest absolute Gasteiger partial charge is 0.338 e. The fourth-order valence-electron chi connectivity index (χ4n) is 3.70. The Morgan fingerprint density at radius 3 is 2.62 bits per heavy atom. The van der Waals surface area contributed by atoms with Gasteiger partial charge in [0.2, 0.25) is 11.8 Å². The van der Waals surface area contributed by atoms with Crippen molar-refractivity contribution in [1.29, 1.82) is 0 Å². The van der Waals surface area contributed by atoms with Crippen molar-refractivity contribution in [2.24, 2.45) is 13.0 Å². The van der Waals surface area contributed by atoms with Crippen LogP contribution in [-0.4, -0.2) is 38.0 Å². The molecule has 0 aliphatic carbocycles. The highest BCUT2D eigenvalue weighted by molar-refractivity contribution is 5.97. The first-order chi connectivity index (χ1) is 14.0. The smallest absolute Gasteiger partial charge is 0.230 e. The van der Waals surface area contributed by atoms with Gasteiger partial charge >= 0.3 is 0 Å². The third-order valence-electron chi connectivity index (χ3n) is 5.28. The lowest BCUT2D eigenvalue weighted by molar-refractivity contribution is -0.128. The molecule has 2 aromatic heterocycles. The number of likely N-dealkylation sites (tertiary alicyclic amines) is 1. The lowest BCUT2D eigenvalue weighted by atomic mass is 10.1. The molecule has 7 nitrogen and oxygen atoms in total. The van der Waals surface area contributed by atoms with Crippen LogP contribution in [0.2, 0.25) is 0 Å². The third-order valence-corrected chi connectivity index (χ3v) is 5.28. The van der Waals surface area contributed by atoms with Crippen molar-refractivity contribution in [2.75, 3.05) is 11.9 Å². The lowest BCUT2D eigenvalue weighted by Crippen LogP contribution is -2.28. The van der Waals surface area contributed by atoms with Gasteiger partial charge in [-0.25, -0.2) is 0 Å². The van der Waals surface area contributed by atoms with Crippen molar-refractivity contribution in [3.05, 3.63) is 66.0 Å². The number of nitrogens with zero attached hydrogens (tertiary/aromatic N) is 4. The topological polar surface area (TPSA) is 80.1 Å². The molecular weight excluding hydrogens is 366 g/mol. The molecule has 1 unspecified atom stereocenters. The standard InChI is InChI=1S/C22H23N5O2/c1-15-20(17-6-4-3-5-7-17)25-26(2)21(15)24-22(29)18-12-19(28)27(14-18)13-16-8-10-23-11-9-16/h3-11,18H,12-14H2,1-2H3,(H,24,29). The molecule has 4 rings (SSSR count). The zero-order chi connectivity index (χ0) is 20.4. The Kier molecular flexibility index (Phi) is 5.12. The molecule has 1 fully saturated rings. The van der Waals surface area contributed by atoms with Crippen LogP contribution in [0.1, 0.15) is 17.5 Å². The van der Waals surface area contributed by atoms with Crippen LogP contribution in [0.3, 0.4) is 0 Å². The van der Waals surface area contributed by atoms with Gasteiger partial charge in [-0.15, -0.1) is 0 Å². The Morgan fingerprint density at radius 2 is 1.90 bits per heavy atom. The van der Waals surface area contributed by atoms with Gasteiger partial charge in [0.05, 0.1) is 11.6 Å². The van der Waals surface area contributed by atoms with Gasteiger partial charge in [-0.05, 0) is 24.6 Å². The number of carbonyl (C=O) groups is 2. The van der Waals surface area contributed by atoms with Gasteiger partial charge in [-0.2, -0.15) is 5.10 Å². The zero-order valence-electron chi connectivity index (χ0n) is 16.5. The van der Waals surface area contributed by atoms with Crippen molar-refractivity contribution in [2.45, 2.75) is 19.9 Å². The minimum Gasteiger partial charge on any atom is -0.338 e. The predicted molar refractivity (Wildman–Crippen MR) is 110 cm³/mol. The maximum atomic E-state index is 12.9. The second-order valence-electron chi connectivity index (χ2n) is 7.33. The van der Waals surface area contributed by atoms with Crippen molar-refractivity contribution in [3.63, 3.8) is 0 Å². The molecule has 1 N–H and O–H groups in total. The number of carbonyl (C=O) groups excluding carboxylic acids is 2. The van der Waals surface area contributed by atoms with Gasteiger partial charge in [0.15, 0.2) is 0 Å². The molecule has 0 spiro atoms. The molecule has 29 heavy (non-hydrogen) atoms. The molecule has 148 valence electrons. The van der Waals surface area contributed by atoms with E-state index in [-0.39, 0.29) is 24.2 Å². The van der Waals surface area contributed by atoms with Crippen LogP contribution in [0.5, 0.6) is 0 Å². The van der Waals surface area contributed by atoms with E-state index in [0.29, 0.717) is 18.9 Å². The molecule has 0 saturated carbocycles. The zero-order valence-corrected chi connectivity index (χ0v) is 16.5. The summed E-state index contributed by atoms with van der Waals surface area (Å²) in [6, 6.07) is 13.6. The molecule has 1 saturated heterocycles. The highest BCUT2D eigenvalue weighted by Gasteiger charge is 2.35. The summed E-state index contributed by atoms with van der Waals surface area (Å²) in [6.07, 6.45) is 3.63. The molecule has 1 atom stereocenters. The quantitative estimate of drug-likeness (QED) is 0.728. The molecule has 0 bridgehead atoms. The van der Waals surface area contributed by atoms with Gasteiger partial charge in [-0.3, -0.25) is 19.3 Å². The summed E-state index contributed by atoms with van der Waals surface area (Å²) in [5, 5.41) is 7.55. The number of anilines is 1. The van der Waals surface area contributed by atoms with Crippen LogP contribution in [0.15, 0.2) is 54.9 Å². The maximum Gasteiger partial charge on any atom is 0.230 e. The molecule has 1 aromatic carbocycles. The number of nitrogens with one attached hydrogen (secondary N) is 1. The van der Waals surface area contributed by atoms with Gasteiger partial charge < -0.3 is 10.2 Å². The predicted octanol–water partition coefficient (Wildman–Crippen LogP) is 2.78. The summed E-state index contributed by atoms with van der Waals surface area (Å²) in [5.74, 6) is 0.127. The number of amides is 2. The van der Waals surface area contributed by atoms with E-state index in [4.69, 9.17) is 0 Å². The lowest BCUT2D eigenvalue weighted by Gasteiger charge is -2.16. The molecule has 1 aliphatic heterocycles. The van der Waals surface area contributed by atoms with Crippen LogP contribution in [0, 0.1) is 12.8 Å². The molecule has 2 amide bonds. The van der Waals surface area contributed by atoms with Crippen LogP contribution in [-0.2, 0) is 23.2 Å². The summed E-state index contributed by atoms with van der Waals surface area (Å²) in [6.45, 7) is 2.85. The Hall–Kier alpha value is -3.48. The first-order valence-corrected chi connectivity index (χ1v) is 9.59. The van der Waals surface area contributed by atoms with Crippen LogP contribution >= 0.6 is 0 Å². The first-order valence-electron chi connectivity index (χ1n) is 9.59. The maximum absolute atomic E-state index is 12.9. The average Bonchev–Trinajstić information content (AvgIpc) is 3.24. The summed E-state index contributed by atoms with van der Waals surface area (Å²) in [7, 11) is 1.81. The highest BCUT2D eigenvalue weighted by Crippen LogP contribution is 2.28. The minimum absolute atomic E-state index is 0.00587. The Labute approximate surface area is 169 Å². The van der Waals surface area contributed by atoms with Gasteiger partial charge in [0.1, 0.15) is 5.82 Å². The number of pyridine rings is 1. The molecule has 7 heteroatoms. The monoisotopic (exact) mass is 389 g/mol. The van der Waals surface area contributed by atoms with Crippen molar-refractivity contribution in [3.8, 4) is 11.3 Å². The SMILES string of the molecule is Cc1c(-c2ccccc2)nn(C)c1NC(=O)C1CC(=O)N(Cc2ccncc2)C1. The van der Waals surface area contributed by atoms with E-state index in [9.17, 15) is 9.59 Å². The number of aryl methyl sites for hydroxylation is 1. The second kappa shape index (κ2) is 7.87. The van der Waals surface area contributed by atoms with E-state index in [1.165, 1.54) is 0 Å². The fraction of sp³-hybridized carbons (Fsp3) is 0.273. The number of rotatable bonds is 5. The average molecular weight is 389 g/mol.